The molecule has 1 aromatic rings. The van der Waals surface area contributed by atoms with E-state index in [1.54, 1.807) is 27.7 Å². The van der Waals surface area contributed by atoms with Gasteiger partial charge in [0, 0.05) is 17.6 Å². The highest BCUT2D eigenvalue weighted by Gasteiger charge is 2.24. The van der Waals surface area contributed by atoms with Gasteiger partial charge in [-0.1, -0.05) is 43.5 Å². The zero-order valence-corrected chi connectivity index (χ0v) is 23.4. The van der Waals surface area contributed by atoms with Crippen LogP contribution in [0.5, 0.6) is 0 Å². The summed E-state index contributed by atoms with van der Waals surface area (Å²) in [5, 5.41) is 11.0. The minimum atomic E-state index is -1.27. The molecule has 0 aliphatic rings. The molecule has 0 fully saturated rings. The molecule has 12 nitrogen and oxygen atoms in total. The highest BCUT2D eigenvalue weighted by molar-refractivity contribution is 5.95. The Morgan fingerprint density at radius 1 is 0.925 bits per heavy atom. The van der Waals surface area contributed by atoms with Crippen LogP contribution in [0.15, 0.2) is 54.6 Å². The van der Waals surface area contributed by atoms with Crippen LogP contribution in [0.4, 0.5) is 0 Å². The van der Waals surface area contributed by atoms with Crippen molar-refractivity contribution in [3.8, 4) is 0 Å². The van der Waals surface area contributed by atoms with Crippen molar-refractivity contribution in [3.63, 3.8) is 0 Å². The number of methoxy groups -OCH3 is 1. The molecule has 1 atom stereocenters. The first-order valence-electron chi connectivity index (χ1n) is 12.1. The van der Waals surface area contributed by atoms with Crippen LogP contribution in [0.25, 0.3) is 0 Å². The Morgan fingerprint density at radius 2 is 1.52 bits per heavy atom. The second-order valence-electron chi connectivity index (χ2n) is 9.24. The van der Waals surface area contributed by atoms with Crippen molar-refractivity contribution in [3.05, 3.63) is 60.2 Å². The standard InChI is InChI=1S/C17H21NO5.C11H16O6/c1-4-23-17(21)14(11-13-8-6-5-7-9-13)18-15(19)10-12(2)16(20)22-3;1-7(9(13)14)5-8(12)16-6-17-10(15)11(2,3)4/h5-9,14H,2,4,10-11H2,1,3H3,(H,18,19);1,5-6H2,2-4H3,(H,13,14). The quantitative estimate of drug-likeness (QED) is 0.156. The van der Waals surface area contributed by atoms with Crippen molar-refractivity contribution >= 4 is 35.8 Å². The SMILES string of the molecule is C=C(CC(=O)NC(Cc1ccccc1)C(=O)OCC)C(=O)OC.C=C(CC(=O)OCOC(=O)C(C)(C)C)C(=O)O. The Morgan fingerprint density at radius 3 is 2.02 bits per heavy atom. The van der Waals surface area contributed by atoms with Gasteiger partial charge in [0.25, 0.3) is 0 Å². The predicted octanol–water partition coefficient (Wildman–Crippen LogP) is 2.50. The van der Waals surface area contributed by atoms with Crippen LogP contribution in [-0.2, 0) is 54.1 Å². The fourth-order valence-corrected chi connectivity index (χ4v) is 2.61. The number of hydrogen-bond donors (Lipinski definition) is 2. The van der Waals surface area contributed by atoms with Gasteiger partial charge in [-0.25, -0.2) is 14.4 Å². The van der Waals surface area contributed by atoms with E-state index in [0.29, 0.717) is 6.42 Å². The molecule has 1 unspecified atom stereocenters. The molecular weight excluding hydrogens is 526 g/mol. The minimum absolute atomic E-state index is 0.0207. The number of carboxylic acid groups (broad SMARTS) is 1. The molecule has 0 heterocycles. The van der Waals surface area contributed by atoms with E-state index in [4.69, 9.17) is 9.84 Å². The van der Waals surface area contributed by atoms with Gasteiger partial charge in [-0.15, -0.1) is 0 Å². The number of aliphatic carboxylic acids is 1. The molecule has 1 rings (SSSR count). The topological polar surface area (TPSA) is 172 Å². The van der Waals surface area contributed by atoms with Crippen molar-refractivity contribution in [2.45, 2.75) is 53.0 Å². The maximum Gasteiger partial charge on any atom is 0.333 e. The molecule has 1 amide bonds. The second kappa shape index (κ2) is 17.9. The predicted molar refractivity (Wildman–Crippen MR) is 142 cm³/mol. The maximum atomic E-state index is 12.0. The molecule has 0 aliphatic heterocycles. The van der Waals surface area contributed by atoms with Crippen LogP contribution in [-0.4, -0.2) is 67.4 Å². The summed E-state index contributed by atoms with van der Waals surface area (Å²) in [6.45, 7) is 13.0. The number of hydrogen-bond acceptors (Lipinski definition) is 10. The number of carbonyl (C=O) groups excluding carboxylic acids is 5. The molecule has 1 aromatic carbocycles. The molecule has 0 saturated carbocycles. The average molecular weight is 564 g/mol. The second-order valence-corrected chi connectivity index (χ2v) is 9.24. The first-order chi connectivity index (χ1) is 18.6. The third kappa shape index (κ3) is 15.1. The van der Waals surface area contributed by atoms with Gasteiger partial charge in [-0.3, -0.25) is 14.4 Å². The molecule has 0 radical (unpaired) electrons. The number of nitrogens with one attached hydrogen (secondary N) is 1. The number of benzene rings is 1. The zero-order valence-electron chi connectivity index (χ0n) is 23.4. The zero-order chi connectivity index (χ0) is 30.9. The summed E-state index contributed by atoms with van der Waals surface area (Å²) in [5.41, 5.74) is -0.0565. The van der Waals surface area contributed by atoms with Crippen molar-refractivity contribution in [2.75, 3.05) is 20.5 Å². The molecule has 0 aliphatic carbocycles. The van der Waals surface area contributed by atoms with Gasteiger partial charge in [0.2, 0.25) is 12.7 Å². The number of amides is 1. The molecular formula is C28H37NO11. The first-order valence-corrected chi connectivity index (χ1v) is 12.1. The summed E-state index contributed by atoms with van der Waals surface area (Å²) in [5.74, 6) is -4.26. The molecule has 2 N–H and O–H groups in total. The smallest absolute Gasteiger partial charge is 0.333 e. The van der Waals surface area contributed by atoms with Gasteiger partial charge in [-0.2, -0.15) is 0 Å². The van der Waals surface area contributed by atoms with Crippen LogP contribution >= 0.6 is 0 Å². The van der Waals surface area contributed by atoms with E-state index >= 15 is 0 Å². The fourth-order valence-electron chi connectivity index (χ4n) is 2.61. The van der Waals surface area contributed by atoms with Crippen LogP contribution in [0.2, 0.25) is 0 Å². The van der Waals surface area contributed by atoms with E-state index < -0.39 is 60.4 Å². The van der Waals surface area contributed by atoms with E-state index in [9.17, 15) is 28.8 Å². The molecule has 0 saturated heterocycles. The highest BCUT2D eigenvalue weighted by Crippen LogP contribution is 2.15. The summed E-state index contributed by atoms with van der Waals surface area (Å²) in [4.78, 5) is 67.9. The molecule has 0 bridgehead atoms. The normalized spacial score (nSPS) is 10.9. The molecule has 12 heteroatoms. The summed E-state index contributed by atoms with van der Waals surface area (Å²) in [7, 11) is 1.21. The Labute approximate surface area is 233 Å². The third-order valence-corrected chi connectivity index (χ3v) is 4.72. The number of esters is 4. The lowest BCUT2D eigenvalue weighted by molar-refractivity contribution is -0.173. The maximum absolute atomic E-state index is 12.0. The van der Waals surface area contributed by atoms with Crippen molar-refractivity contribution < 1.29 is 52.8 Å². The number of carbonyl (C=O) groups is 6. The van der Waals surface area contributed by atoms with E-state index in [2.05, 4.69) is 32.7 Å². The van der Waals surface area contributed by atoms with E-state index in [-0.39, 0.29) is 24.2 Å². The van der Waals surface area contributed by atoms with Gasteiger partial charge in [0.1, 0.15) is 6.04 Å². The lowest BCUT2D eigenvalue weighted by atomic mass is 9.98. The van der Waals surface area contributed by atoms with Crippen molar-refractivity contribution in [1.82, 2.24) is 5.32 Å². The van der Waals surface area contributed by atoms with Gasteiger partial charge in [0.15, 0.2) is 0 Å². The third-order valence-electron chi connectivity index (χ3n) is 4.72. The van der Waals surface area contributed by atoms with Crippen LogP contribution in [0.1, 0.15) is 46.1 Å². The van der Waals surface area contributed by atoms with Gasteiger partial charge in [0.05, 0.1) is 32.0 Å². The Balaban J connectivity index is 0.000000799. The van der Waals surface area contributed by atoms with Crippen molar-refractivity contribution in [2.24, 2.45) is 5.41 Å². The number of rotatable bonds is 13. The monoisotopic (exact) mass is 563 g/mol. The average Bonchev–Trinajstić information content (AvgIpc) is 2.88. The van der Waals surface area contributed by atoms with E-state index in [0.717, 1.165) is 5.56 Å². The Kier molecular flexibility index (Phi) is 15.9. The largest absolute Gasteiger partial charge is 0.478 e. The number of ether oxygens (including phenoxy) is 4. The van der Waals surface area contributed by atoms with E-state index in [1.807, 2.05) is 30.3 Å². The van der Waals surface area contributed by atoms with Gasteiger partial charge >= 0.3 is 29.8 Å². The summed E-state index contributed by atoms with van der Waals surface area (Å²) >= 11 is 0. The first kappa shape index (κ1) is 35.5. The minimum Gasteiger partial charge on any atom is -0.478 e. The Bertz CT molecular complexity index is 1070. The summed E-state index contributed by atoms with van der Waals surface area (Å²) in [6, 6.07) is 8.44. The van der Waals surface area contributed by atoms with E-state index in [1.165, 1.54) is 7.11 Å². The molecule has 220 valence electrons. The van der Waals surface area contributed by atoms with Gasteiger partial charge < -0.3 is 29.4 Å². The van der Waals surface area contributed by atoms with Crippen molar-refractivity contribution in [1.29, 1.82) is 0 Å². The summed E-state index contributed by atoms with van der Waals surface area (Å²) in [6.07, 6.45) is -0.379. The fraction of sp³-hybridized carbons (Fsp3) is 0.429. The number of carboxylic acids is 1. The summed E-state index contributed by atoms with van der Waals surface area (Å²) < 4.78 is 18.7. The van der Waals surface area contributed by atoms with Crippen LogP contribution in [0.3, 0.4) is 0 Å². The lowest BCUT2D eigenvalue weighted by Gasteiger charge is -2.17. The Hall–Kier alpha value is -4.48. The molecule has 0 aromatic heterocycles. The van der Waals surface area contributed by atoms with Crippen LogP contribution in [0, 0.1) is 5.41 Å². The highest BCUT2D eigenvalue weighted by atomic mass is 16.7. The molecule has 40 heavy (non-hydrogen) atoms. The lowest BCUT2D eigenvalue weighted by Crippen LogP contribution is -2.43. The van der Waals surface area contributed by atoms with Gasteiger partial charge in [-0.05, 0) is 33.3 Å². The van der Waals surface area contributed by atoms with Crippen LogP contribution < -0.4 is 5.32 Å². The molecule has 0 spiro atoms.